The molecule has 0 aliphatic rings. The van der Waals surface area contributed by atoms with Crippen molar-refractivity contribution in [2.75, 3.05) is 17.7 Å². The fourth-order valence-electron chi connectivity index (χ4n) is 2.77. The highest BCUT2D eigenvalue weighted by molar-refractivity contribution is 6.05. The number of aromatic carboxylic acids is 1. The number of rotatable bonds is 7. The number of anilines is 2. The van der Waals surface area contributed by atoms with Gasteiger partial charge in [0.1, 0.15) is 5.75 Å². The van der Waals surface area contributed by atoms with Gasteiger partial charge in [-0.05, 0) is 60.2 Å². The third-order valence-electron chi connectivity index (χ3n) is 4.32. The maximum atomic E-state index is 12.5. The van der Waals surface area contributed by atoms with E-state index in [2.05, 4.69) is 10.6 Å². The Labute approximate surface area is 173 Å². The zero-order valence-electron chi connectivity index (χ0n) is 16.2. The first-order valence-corrected chi connectivity index (χ1v) is 9.12. The van der Waals surface area contributed by atoms with E-state index in [1.165, 1.54) is 24.3 Å². The predicted octanol–water partition coefficient (Wildman–Crippen LogP) is 3.83. The molecule has 0 fully saturated rings. The Balaban J connectivity index is 1.62. The molecule has 3 aromatic carbocycles. The van der Waals surface area contributed by atoms with Crippen LogP contribution < -0.4 is 15.4 Å². The molecule has 0 radical (unpaired) electrons. The smallest absolute Gasteiger partial charge is 0.335 e. The lowest BCUT2D eigenvalue weighted by atomic mass is 10.1. The van der Waals surface area contributed by atoms with Crippen LogP contribution in [0.1, 0.15) is 26.3 Å². The van der Waals surface area contributed by atoms with E-state index in [-0.39, 0.29) is 23.8 Å². The fourth-order valence-corrected chi connectivity index (χ4v) is 2.77. The van der Waals surface area contributed by atoms with Gasteiger partial charge in [0.25, 0.3) is 5.91 Å². The molecule has 0 aromatic heterocycles. The Bertz CT molecular complexity index is 1060. The molecule has 2 amide bonds. The van der Waals surface area contributed by atoms with Crippen LogP contribution in [0.4, 0.5) is 11.4 Å². The number of carboxylic acid groups (broad SMARTS) is 1. The van der Waals surface area contributed by atoms with Crippen LogP contribution in [0.3, 0.4) is 0 Å². The second kappa shape index (κ2) is 9.38. The maximum absolute atomic E-state index is 12.5. The van der Waals surface area contributed by atoms with E-state index in [1.54, 1.807) is 43.5 Å². The Morgan fingerprint density at radius 3 is 2.17 bits per heavy atom. The van der Waals surface area contributed by atoms with Crippen molar-refractivity contribution in [3.63, 3.8) is 0 Å². The summed E-state index contributed by atoms with van der Waals surface area (Å²) in [6, 6.07) is 19.6. The summed E-state index contributed by atoms with van der Waals surface area (Å²) in [4.78, 5) is 35.7. The van der Waals surface area contributed by atoms with Gasteiger partial charge < -0.3 is 20.5 Å². The number of methoxy groups -OCH3 is 1. The molecule has 0 saturated heterocycles. The number of hydrogen-bond acceptors (Lipinski definition) is 4. The lowest BCUT2D eigenvalue weighted by Crippen LogP contribution is -2.16. The molecule has 0 spiro atoms. The largest absolute Gasteiger partial charge is 0.497 e. The molecular weight excluding hydrogens is 384 g/mol. The number of carboxylic acids is 1. The summed E-state index contributed by atoms with van der Waals surface area (Å²) in [5, 5.41) is 14.4. The first-order valence-electron chi connectivity index (χ1n) is 9.12. The highest BCUT2D eigenvalue weighted by Gasteiger charge is 2.10. The van der Waals surface area contributed by atoms with E-state index in [1.807, 2.05) is 12.1 Å². The van der Waals surface area contributed by atoms with E-state index >= 15 is 0 Å². The molecule has 0 aliphatic heterocycles. The van der Waals surface area contributed by atoms with Crippen molar-refractivity contribution >= 4 is 29.2 Å². The Morgan fingerprint density at radius 2 is 1.53 bits per heavy atom. The fraction of sp³-hybridized carbons (Fsp3) is 0.0870. The summed E-state index contributed by atoms with van der Waals surface area (Å²) in [5.74, 6) is -0.896. The summed E-state index contributed by atoms with van der Waals surface area (Å²) >= 11 is 0. The number of amides is 2. The SMILES string of the molecule is COc1ccc(CC(=O)Nc2cccc(C(=O)Nc3ccc(C(=O)O)cc3)c2)cc1. The number of nitrogens with one attached hydrogen (secondary N) is 2. The van der Waals surface area contributed by atoms with Crippen LogP contribution in [0.2, 0.25) is 0 Å². The van der Waals surface area contributed by atoms with E-state index in [4.69, 9.17) is 9.84 Å². The maximum Gasteiger partial charge on any atom is 0.335 e. The van der Waals surface area contributed by atoms with Crippen molar-refractivity contribution in [3.8, 4) is 5.75 Å². The van der Waals surface area contributed by atoms with Crippen molar-refractivity contribution < 1.29 is 24.2 Å². The zero-order valence-corrected chi connectivity index (χ0v) is 16.2. The van der Waals surface area contributed by atoms with E-state index < -0.39 is 5.97 Å². The molecule has 30 heavy (non-hydrogen) atoms. The summed E-state index contributed by atoms with van der Waals surface area (Å²) < 4.78 is 5.10. The molecule has 0 aliphatic carbocycles. The predicted molar refractivity (Wildman–Crippen MR) is 113 cm³/mol. The van der Waals surface area contributed by atoms with E-state index in [9.17, 15) is 14.4 Å². The van der Waals surface area contributed by atoms with Crippen molar-refractivity contribution in [3.05, 3.63) is 89.5 Å². The first kappa shape index (κ1) is 20.6. The normalized spacial score (nSPS) is 10.2. The van der Waals surface area contributed by atoms with Gasteiger partial charge in [0.15, 0.2) is 0 Å². The first-order chi connectivity index (χ1) is 14.4. The van der Waals surface area contributed by atoms with Crippen molar-refractivity contribution in [2.45, 2.75) is 6.42 Å². The average Bonchev–Trinajstić information content (AvgIpc) is 2.74. The average molecular weight is 404 g/mol. The van der Waals surface area contributed by atoms with Gasteiger partial charge in [0, 0.05) is 16.9 Å². The summed E-state index contributed by atoms with van der Waals surface area (Å²) in [6.45, 7) is 0. The lowest BCUT2D eigenvalue weighted by Gasteiger charge is -2.09. The molecule has 0 atom stereocenters. The highest BCUT2D eigenvalue weighted by atomic mass is 16.5. The monoisotopic (exact) mass is 404 g/mol. The molecular formula is C23H20N2O5. The summed E-state index contributed by atoms with van der Waals surface area (Å²) in [5.41, 5.74) is 2.31. The Morgan fingerprint density at radius 1 is 0.833 bits per heavy atom. The standard InChI is InChI=1S/C23H20N2O5/c1-30-20-11-5-15(6-12-20)13-21(26)24-19-4-2-3-17(14-19)22(27)25-18-9-7-16(8-10-18)23(28)29/h2-12,14H,13H2,1H3,(H,24,26)(H,25,27)(H,28,29). The topological polar surface area (TPSA) is 105 Å². The molecule has 7 heteroatoms. The van der Waals surface area contributed by atoms with E-state index in [0.717, 1.165) is 11.3 Å². The molecule has 3 N–H and O–H groups in total. The molecule has 0 heterocycles. The highest BCUT2D eigenvalue weighted by Crippen LogP contribution is 2.16. The van der Waals surface area contributed by atoms with Crippen LogP contribution in [0.25, 0.3) is 0 Å². The molecule has 3 rings (SSSR count). The van der Waals surface area contributed by atoms with Gasteiger partial charge in [-0.3, -0.25) is 9.59 Å². The van der Waals surface area contributed by atoms with Crippen LogP contribution in [0.5, 0.6) is 5.75 Å². The molecule has 3 aromatic rings. The lowest BCUT2D eigenvalue weighted by molar-refractivity contribution is -0.115. The quantitative estimate of drug-likeness (QED) is 0.555. The Kier molecular flexibility index (Phi) is 6.44. The van der Waals surface area contributed by atoms with E-state index in [0.29, 0.717) is 16.9 Å². The minimum Gasteiger partial charge on any atom is -0.497 e. The van der Waals surface area contributed by atoms with Gasteiger partial charge >= 0.3 is 5.97 Å². The van der Waals surface area contributed by atoms with Gasteiger partial charge in [-0.15, -0.1) is 0 Å². The van der Waals surface area contributed by atoms with Crippen molar-refractivity contribution in [1.82, 2.24) is 0 Å². The van der Waals surface area contributed by atoms with Crippen LogP contribution in [-0.2, 0) is 11.2 Å². The second-order valence-corrected chi connectivity index (χ2v) is 6.49. The number of hydrogen-bond donors (Lipinski definition) is 3. The molecule has 0 saturated carbocycles. The molecule has 0 bridgehead atoms. The number of ether oxygens (including phenoxy) is 1. The van der Waals surface area contributed by atoms with Crippen LogP contribution >= 0.6 is 0 Å². The minimum absolute atomic E-state index is 0.134. The molecule has 0 unspecified atom stereocenters. The van der Waals surface area contributed by atoms with Gasteiger partial charge in [-0.2, -0.15) is 0 Å². The minimum atomic E-state index is -1.04. The van der Waals surface area contributed by atoms with Crippen LogP contribution in [0, 0.1) is 0 Å². The number of benzene rings is 3. The van der Waals surface area contributed by atoms with Crippen molar-refractivity contribution in [2.24, 2.45) is 0 Å². The number of carbonyl (C=O) groups is 3. The third-order valence-corrected chi connectivity index (χ3v) is 4.32. The zero-order chi connectivity index (χ0) is 21.5. The Hall–Kier alpha value is -4.13. The summed E-state index contributed by atoms with van der Waals surface area (Å²) in [6.07, 6.45) is 0.191. The van der Waals surface area contributed by atoms with Crippen LogP contribution in [-0.4, -0.2) is 30.0 Å². The third kappa shape index (κ3) is 5.45. The summed E-state index contributed by atoms with van der Waals surface area (Å²) in [7, 11) is 1.58. The van der Waals surface area contributed by atoms with Gasteiger partial charge in [-0.25, -0.2) is 4.79 Å². The second-order valence-electron chi connectivity index (χ2n) is 6.49. The van der Waals surface area contributed by atoms with Crippen molar-refractivity contribution in [1.29, 1.82) is 0 Å². The number of carbonyl (C=O) groups excluding carboxylic acids is 2. The molecule has 152 valence electrons. The van der Waals surface area contributed by atoms with Crippen LogP contribution in [0.15, 0.2) is 72.8 Å². The molecule has 7 nitrogen and oxygen atoms in total. The van der Waals surface area contributed by atoms with Gasteiger partial charge in [0.05, 0.1) is 19.1 Å². The van der Waals surface area contributed by atoms with Gasteiger partial charge in [-0.1, -0.05) is 18.2 Å². The van der Waals surface area contributed by atoms with Gasteiger partial charge in [0.2, 0.25) is 5.91 Å².